The number of nitrogens with two attached hydrogens (primary N) is 1. The molecule has 1 atom stereocenters. The molecule has 17 heavy (non-hydrogen) atoms. The SMILES string of the molecule is NC(C(=O)NC1(CO)CCC1)c1ccccc1. The van der Waals surface area contributed by atoms with Crippen LogP contribution in [-0.2, 0) is 4.79 Å². The Kier molecular flexibility index (Phi) is 3.45. The minimum atomic E-state index is -0.666. The summed E-state index contributed by atoms with van der Waals surface area (Å²) in [6, 6.07) is 8.59. The molecule has 0 saturated heterocycles. The monoisotopic (exact) mass is 234 g/mol. The molecule has 1 amide bonds. The van der Waals surface area contributed by atoms with Gasteiger partial charge in [-0.15, -0.1) is 0 Å². The van der Waals surface area contributed by atoms with Crippen molar-refractivity contribution in [2.45, 2.75) is 30.8 Å². The van der Waals surface area contributed by atoms with Gasteiger partial charge in [0.2, 0.25) is 5.91 Å². The molecule has 1 aliphatic carbocycles. The number of rotatable bonds is 4. The normalized spacial score (nSPS) is 19.2. The number of benzene rings is 1. The predicted octanol–water partition coefficient (Wildman–Crippen LogP) is 0.718. The lowest BCUT2D eigenvalue weighted by Crippen LogP contribution is -2.57. The first-order valence-electron chi connectivity index (χ1n) is 5.90. The Labute approximate surface area is 101 Å². The van der Waals surface area contributed by atoms with Gasteiger partial charge < -0.3 is 16.2 Å². The highest BCUT2D eigenvalue weighted by Gasteiger charge is 2.38. The maximum Gasteiger partial charge on any atom is 0.242 e. The molecule has 0 spiro atoms. The molecular formula is C13H18N2O2. The summed E-state index contributed by atoms with van der Waals surface area (Å²) in [7, 11) is 0. The number of aliphatic hydroxyl groups is 1. The summed E-state index contributed by atoms with van der Waals surface area (Å²) in [5.74, 6) is -0.218. The predicted molar refractivity (Wildman–Crippen MR) is 65.2 cm³/mol. The average Bonchev–Trinajstić information content (AvgIpc) is 2.33. The second-order valence-electron chi connectivity index (χ2n) is 4.67. The first kappa shape index (κ1) is 12.1. The van der Waals surface area contributed by atoms with Gasteiger partial charge >= 0.3 is 0 Å². The van der Waals surface area contributed by atoms with Crippen molar-refractivity contribution in [2.24, 2.45) is 5.73 Å². The van der Waals surface area contributed by atoms with Crippen LogP contribution in [-0.4, -0.2) is 23.2 Å². The van der Waals surface area contributed by atoms with E-state index in [1.54, 1.807) is 0 Å². The quantitative estimate of drug-likeness (QED) is 0.718. The van der Waals surface area contributed by atoms with Crippen LogP contribution < -0.4 is 11.1 Å². The van der Waals surface area contributed by atoms with Crippen molar-refractivity contribution in [3.05, 3.63) is 35.9 Å². The second-order valence-corrected chi connectivity index (χ2v) is 4.67. The molecule has 4 N–H and O–H groups in total. The number of amides is 1. The van der Waals surface area contributed by atoms with E-state index in [0.29, 0.717) is 0 Å². The summed E-state index contributed by atoms with van der Waals surface area (Å²) in [5, 5.41) is 12.1. The zero-order valence-corrected chi connectivity index (χ0v) is 9.73. The number of carbonyl (C=O) groups excluding carboxylic acids is 1. The molecule has 1 unspecified atom stereocenters. The minimum Gasteiger partial charge on any atom is -0.394 e. The molecule has 1 aromatic rings. The molecule has 1 aliphatic rings. The topological polar surface area (TPSA) is 75.4 Å². The zero-order valence-electron chi connectivity index (χ0n) is 9.73. The molecular weight excluding hydrogens is 216 g/mol. The lowest BCUT2D eigenvalue weighted by atomic mass is 9.77. The molecule has 1 fully saturated rings. The van der Waals surface area contributed by atoms with Crippen LogP contribution in [0.1, 0.15) is 30.9 Å². The molecule has 0 bridgehead atoms. The first-order valence-corrected chi connectivity index (χ1v) is 5.90. The molecule has 2 rings (SSSR count). The first-order chi connectivity index (χ1) is 8.17. The van der Waals surface area contributed by atoms with E-state index in [0.717, 1.165) is 24.8 Å². The van der Waals surface area contributed by atoms with Crippen molar-refractivity contribution in [3.63, 3.8) is 0 Å². The largest absolute Gasteiger partial charge is 0.394 e. The van der Waals surface area contributed by atoms with Gasteiger partial charge in [0.15, 0.2) is 0 Å². The van der Waals surface area contributed by atoms with Crippen LogP contribution in [0.2, 0.25) is 0 Å². The highest BCUT2D eigenvalue weighted by molar-refractivity contribution is 5.83. The van der Waals surface area contributed by atoms with Gasteiger partial charge in [-0.05, 0) is 24.8 Å². The van der Waals surface area contributed by atoms with Crippen LogP contribution in [0, 0.1) is 0 Å². The Morgan fingerprint density at radius 1 is 1.41 bits per heavy atom. The lowest BCUT2D eigenvalue weighted by molar-refractivity contribution is -0.126. The third kappa shape index (κ3) is 2.48. The fourth-order valence-corrected chi connectivity index (χ4v) is 2.08. The van der Waals surface area contributed by atoms with Crippen LogP contribution in [0.15, 0.2) is 30.3 Å². The van der Waals surface area contributed by atoms with Gasteiger partial charge in [-0.3, -0.25) is 4.79 Å². The van der Waals surface area contributed by atoms with E-state index in [1.165, 1.54) is 0 Å². The highest BCUT2D eigenvalue weighted by Crippen LogP contribution is 2.31. The Bertz CT molecular complexity index is 382. The molecule has 0 aromatic heterocycles. The van der Waals surface area contributed by atoms with E-state index in [9.17, 15) is 9.90 Å². The van der Waals surface area contributed by atoms with E-state index in [1.807, 2.05) is 30.3 Å². The highest BCUT2D eigenvalue weighted by atomic mass is 16.3. The molecule has 4 nitrogen and oxygen atoms in total. The van der Waals surface area contributed by atoms with Gasteiger partial charge in [0.1, 0.15) is 6.04 Å². The third-order valence-corrected chi connectivity index (χ3v) is 3.44. The van der Waals surface area contributed by atoms with Gasteiger partial charge in [-0.25, -0.2) is 0 Å². The number of nitrogens with one attached hydrogen (secondary N) is 1. The maximum atomic E-state index is 12.0. The van der Waals surface area contributed by atoms with Crippen molar-refractivity contribution in [3.8, 4) is 0 Å². The molecule has 1 aromatic carbocycles. The van der Waals surface area contributed by atoms with Crippen molar-refractivity contribution in [2.75, 3.05) is 6.61 Å². The Balaban J connectivity index is 2.01. The Hall–Kier alpha value is -1.39. The van der Waals surface area contributed by atoms with Crippen LogP contribution >= 0.6 is 0 Å². The van der Waals surface area contributed by atoms with Crippen LogP contribution in [0.3, 0.4) is 0 Å². The number of aliphatic hydroxyl groups excluding tert-OH is 1. The van der Waals surface area contributed by atoms with Crippen molar-refractivity contribution >= 4 is 5.91 Å². The standard InChI is InChI=1S/C13H18N2O2/c14-11(10-5-2-1-3-6-10)12(17)15-13(9-16)7-4-8-13/h1-3,5-6,11,16H,4,7-9,14H2,(H,15,17). The zero-order chi connectivity index (χ0) is 12.3. The summed E-state index contributed by atoms with van der Waals surface area (Å²) < 4.78 is 0. The van der Waals surface area contributed by atoms with Crippen molar-refractivity contribution in [1.82, 2.24) is 5.32 Å². The van der Waals surface area contributed by atoms with Gasteiger partial charge in [0.05, 0.1) is 12.1 Å². The summed E-state index contributed by atoms with van der Waals surface area (Å²) >= 11 is 0. The second kappa shape index (κ2) is 4.85. The summed E-state index contributed by atoms with van der Waals surface area (Å²) in [6.45, 7) is -0.0136. The van der Waals surface area contributed by atoms with Crippen LogP contribution in [0.25, 0.3) is 0 Å². The van der Waals surface area contributed by atoms with Gasteiger partial charge in [-0.2, -0.15) is 0 Å². The molecule has 4 heteroatoms. The lowest BCUT2D eigenvalue weighted by Gasteiger charge is -2.41. The van der Waals surface area contributed by atoms with Crippen molar-refractivity contribution in [1.29, 1.82) is 0 Å². The van der Waals surface area contributed by atoms with Gasteiger partial charge in [0.25, 0.3) is 0 Å². The van der Waals surface area contributed by atoms with E-state index in [-0.39, 0.29) is 12.5 Å². The van der Waals surface area contributed by atoms with E-state index >= 15 is 0 Å². The molecule has 1 saturated carbocycles. The van der Waals surface area contributed by atoms with E-state index in [2.05, 4.69) is 5.32 Å². The summed E-state index contributed by atoms with van der Waals surface area (Å²) in [6.07, 6.45) is 2.70. The Morgan fingerprint density at radius 2 is 2.06 bits per heavy atom. The fraction of sp³-hybridized carbons (Fsp3) is 0.462. The van der Waals surface area contributed by atoms with Gasteiger partial charge in [-0.1, -0.05) is 30.3 Å². The van der Waals surface area contributed by atoms with E-state index in [4.69, 9.17) is 5.73 Å². The average molecular weight is 234 g/mol. The number of carbonyl (C=O) groups is 1. The summed E-state index contributed by atoms with van der Waals surface area (Å²) in [4.78, 5) is 12.0. The molecule has 0 heterocycles. The Morgan fingerprint density at radius 3 is 2.53 bits per heavy atom. The summed E-state index contributed by atoms with van der Waals surface area (Å²) in [5.41, 5.74) is 6.25. The van der Waals surface area contributed by atoms with Crippen molar-refractivity contribution < 1.29 is 9.90 Å². The number of hydrogen-bond acceptors (Lipinski definition) is 3. The van der Waals surface area contributed by atoms with E-state index < -0.39 is 11.6 Å². The fourth-order valence-electron chi connectivity index (χ4n) is 2.08. The molecule has 0 radical (unpaired) electrons. The number of hydrogen-bond donors (Lipinski definition) is 3. The third-order valence-electron chi connectivity index (χ3n) is 3.44. The molecule has 92 valence electrons. The van der Waals surface area contributed by atoms with Crippen LogP contribution in [0.5, 0.6) is 0 Å². The molecule has 0 aliphatic heterocycles. The minimum absolute atomic E-state index is 0.0136. The van der Waals surface area contributed by atoms with Gasteiger partial charge in [0, 0.05) is 0 Å². The van der Waals surface area contributed by atoms with Crippen LogP contribution in [0.4, 0.5) is 0 Å². The smallest absolute Gasteiger partial charge is 0.242 e. The maximum absolute atomic E-state index is 12.0.